The zero-order valence-corrected chi connectivity index (χ0v) is 17.8. The predicted molar refractivity (Wildman–Crippen MR) is 116 cm³/mol. The summed E-state index contributed by atoms with van der Waals surface area (Å²) < 4.78 is 37.9. The van der Waals surface area contributed by atoms with E-state index in [0.29, 0.717) is 13.0 Å². The molecule has 9 nitrogen and oxygen atoms in total. The van der Waals surface area contributed by atoms with Crippen molar-refractivity contribution in [1.29, 1.82) is 0 Å². The molecule has 3 rings (SSSR count). The van der Waals surface area contributed by atoms with Gasteiger partial charge in [-0.05, 0) is 60.5 Å². The SMILES string of the molecule is O=C(NCCc1ccc(F)cc1)c1ccc(S(=O)(=O)C(=O)Nc2ccc(C(=O)O)nc2)cc1. The maximum absolute atomic E-state index is 12.9. The summed E-state index contributed by atoms with van der Waals surface area (Å²) in [6.07, 6.45) is 1.51. The number of carboxylic acid groups (broad SMARTS) is 1. The van der Waals surface area contributed by atoms with Gasteiger partial charge in [0.2, 0.25) is 0 Å². The summed E-state index contributed by atoms with van der Waals surface area (Å²) in [6, 6.07) is 13.0. The number of nitrogens with zero attached hydrogens (tertiary/aromatic N) is 1. The molecule has 0 saturated carbocycles. The molecular formula is C22H18FN3O6S. The van der Waals surface area contributed by atoms with Gasteiger partial charge in [-0.25, -0.2) is 22.6 Å². The number of carbonyl (C=O) groups excluding carboxylic acids is 2. The standard InChI is InChI=1S/C22H18FN3O6S/c23-16-5-1-14(2-6-16)11-12-24-20(27)15-3-8-18(9-4-15)33(31,32)22(30)26-17-7-10-19(21(28)29)25-13-17/h1-10,13H,11-12H2,(H,24,27)(H,26,30)(H,28,29). The van der Waals surface area contributed by atoms with Gasteiger partial charge in [0.1, 0.15) is 11.5 Å². The molecule has 0 saturated heterocycles. The number of anilines is 1. The van der Waals surface area contributed by atoms with E-state index < -0.39 is 27.0 Å². The zero-order valence-electron chi connectivity index (χ0n) is 17.0. The van der Waals surface area contributed by atoms with Gasteiger partial charge < -0.3 is 15.7 Å². The van der Waals surface area contributed by atoms with Gasteiger partial charge in [-0.2, -0.15) is 0 Å². The molecule has 2 amide bonds. The normalized spacial score (nSPS) is 10.9. The van der Waals surface area contributed by atoms with E-state index in [9.17, 15) is 27.2 Å². The Morgan fingerprint density at radius 2 is 1.61 bits per heavy atom. The number of aromatic nitrogens is 1. The highest BCUT2D eigenvalue weighted by Gasteiger charge is 2.25. The molecule has 0 spiro atoms. The van der Waals surface area contributed by atoms with Crippen LogP contribution < -0.4 is 10.6 Å². The van der Waals surface area contributed by atoms with Gasteiger partial charge in [0.25, 0.3) is 15.7 Å². The smallest absolute Gasteiger partial charge is 0.354 e. The molecule has 0 radical (unpaired) electrons. The predicted octanol–water partition coefficient (Wildman–Crippen LogP) is 2.90. The van der Waals surface area contributed by atoms with E-state index in [1.165, 1.54) is 30.3 Å². The third kappa shape index (κ3) is 5.98. The highest BCUT2D eigenvalue weighted by molar-refractivity contribution is 8.06. The molecule has 0 aliphatic carbocycles. The molecule has 0 unspecified atom stereocenters. The topological polar surface area (TPSA) is 143 Å². The Hall–Kier alpha value is -4.12. The molecule has 0 fully saturated rings. The second-order valence-electron chi connectivity index (χ2n) is 6.81. The number of halogens is 1. The van der Waals surface area contributed by atoms with Crippen LogP contribution in [0.1, 0.15) is 26.4 Å². The number of hydrogen-bond donors (Lipinski definition) is 3. The van der Waals surface area contributed by atoms with Crippen molar-refractivity contribution in [2.24, 2.45) is 0 Å². The third-order valence-corrected chi connectivity index (χ3v) is 6.00. The number of rotatable bonds is 7. The first-order chi connectivity index (χ1) is 15.7. The van der Waals surface area contributed by atoms with Crippen LogP contribution in [0.3, 0.4) is 0 Å². The molecule has 3 N–H and O–H groups in total. The van der Waals surface area contributed by atoms with Crippen LogP contribution in [0, 0.1) is 5.82 Å². The van der Waals surface area contributed by atoms with Gasteiger partial charge in [0, 0.05) is 12.1 Å². The number of carbonyl (C=O) groups is 3. The molecule has 1 heterocycles. The summed E-state index contributed by atoms with van der Waals surface area (Å²) in [5.74, 6) is -2.05. The number of carboxylic acids is 1. The van der Waals surface area contributed by atoms with E-state index in [0.717, 1.165) is 30.0 Å². The number of aromatic carboxylic acids is 1. The Labute approximate surface area is 188 Å². The lowest BCUT2D eigenvalue weighted by Crippen LogP contribution is -2.26. The number of sulfone groups is 1. The molecule has 3 aromatic rings. The minimum absolute atomic E-state index is 0.00530. The van der Waals surface area contributed by atoms with E-state index in [-0.39, 0.29) is 27.7 Å². The fraction of sp³-hybridized carbons (Fsp3) is 0.0909. The van der Waals surface area contributed by atoms with Gasteiger partial charge in [-0.15, -0.1) is 0 Å². The highest BCUT2D eigenvalue weighted by Crippen LogP contribution is 2.16. The van der Waals surface area contributed by atoms with Crippen molar-refractivity contribution >= 4 is 32.6 Å². The number of nitrogens with one attached hydrogen (secondary N) is 2. The minimum Gasteiger partial charge on any atom is -0.477 e. The van der Waals surface area contributed by atoms with E-state index in [4.69, 9.17) is 5.11 Å². The second-order valence-corrected chi connectivity index (χ2v) is 8.66. The van der Waals surface area contributed by atoms with Gasteiger partial charge in [0.05, 0.1) is 16.8 Å². The van der Waals surface area contributed by atoms with Crippen LogP contribution in [0.5, 0.6) is 0 Å². The number of benzene rings is 2. The van der Waals surface area contributed by atoms with Crippen molar-refractivity contribution in [2.45, 2.75) is 11.3 Å². The molecular weight excluding hydrogens is 453 g/mol. The molecule has 33 heavy (non-hydrogen) atoms. The van der Waals surface area contributed by atoms with Crippen molar-refractivity contribution < 1.29 is 32.3 Å². The third-order valence-electron chi connectivity index (χ3n) is 4.51. The maximum atomic E-state index is 12.9. The first kappa shape index (κ1) is 23.5. The van der Waals surface area contributed by atoms with Gasteiger partial charge in [-0.3, -0.25) is 9.59 Å². The lowest BCUT2D eigenvalue weighted by Gasteiger charge is -2.08. The average Bonchev–Trinajstić information content (AvgIpc) is 2.80. The maximum Gasteiger partial charge on any atom is 0.354 e. The zero-order chi connectivity index (χ0) is 24.0. The molecule has 1 aromatic heterocycles. The summed E-state index contributed by atoms with van der Waals surface area (Å²) in [4.78, 5) is 38.6. The fourth-order valence-electron chi connectivity index (χ4n) is 2.75. The van der Waals surface area contributed by atoms with Crippen LogP contribution in [-0.2, 0) is 16.3 Å². The van der Waals surface area contributed by atoms with Crippen LogP contribution in [0.4, 0.5) is 14.9 Å². The quantitative estimate of drug-likeness (QED) is 0.481. The Morgan fingerprint density at radius 3 is 2.18 bits per heavy atom. The summed E-state index contributed by atoms with van der Waals surface area (Å²) in [5.41, 5.74) is 0.784. The number of hydrogen-bond acceptors (Lipinski definition) is 6. The first-order valence-electron chi connectivity index (χ1n) is 9.55. The lowest BCUT2D eigenvalue weighted by molar-refractivity contribution is 0.0690. The summed E-state index contributed by atoms with van der Waals surface area (Å²) in [6.45, 7) is 0.293. The Balaban J connectivity index is 1.60. The van der Waals surface area contributed by atoms with Crippen molar-refractivity contribution in [3.05, 3.63) is 89.5 Å². The Kier molecular flexibility index (Phi) is 7.13. The number of pyridine rings is 1. The Bertz CT molecular complexity index is 1280. The van der Waals surface area contributed by atoms with Crippen LogP contribution in [0.2, 0.25) is 0 Å². The lowest BCUT2D eigenvalue weighted by atomic mass is 10.1. The molecule has 170 valence electrons. The number of amides is 2. The summed E-state index contributed by atoms with van der Waals surface area (Å²) >= 11 is 0. The van der Waals surface area contributed by atoms with Crippen LogP contribution in [0.15, 0.2) is 71.8 Å². The molecule has 0 bridgehead atoms. The van der Waals surface area contributed by atoms with Crippen LogP contribution >= 0.6 is 0 Å². The van der Waals surface area contributed by atoms with Crippen LogP contribution in [0.25, 0.3) is 0 Å². The minimum atomic E-state index is -4.42. The fourth-order valence-corrected chi connectivity index (χ4v) is 3.71. The summed E-state index contributed by atoms with van der Waals surface area (Å²) in [7, 11) is -4.42. The van der Waals surface area contributed by atoms with E-state index >= 15 is 0 Å². The summed E-state index contributed by atoms with van der Waals surface area (Å²) in [5, 5.41) is 12.3. The Morgan fingerprint density at radius 1 is 0.939 bits per heavy atom. The van der Waals surface area contributed by atoms with Crippen molar-refractivity contribution in [3.63, 3.8) is 0 Å². The first-order valence-corrected chi connectivity index (χ1v) is 11.0. The van der Waals surface area contributed by atoms with E-state index in [1.54, 1.807) is 12.1 Å². The molecule has 11 heteroatoms. The van der Waals surface area contributed by atoms with Gasteiger partial charge in [0.15, 0.2) is 0 Å². The van der Waals surface area contributed by atoms with Crippen molar-refractivity contribution in [3.8, 4) is 0 Å². The van der Waals surface area contributed by atoms with Crippen molar-refractivity contribution in [1.82, 2.24) is 10.3 Å². The molecule has 0 aliphatic rings. The van der Waals surface area contributed by atoms with Gasteiger partial charge >= 0.3 is 11.2 Å². The van der Waals surface area contributed by atoms with Crippen molar-refractivity contribution in [2.75, 3.05) is 11.9 Å². The van der Waals surface area contributed by atoms with Gasteiger partial charge in [-0.1, -0.05) is 12.1 Å². The van der Waals surface area contributed by atoms with Crippen LogP contribution in [-0.4, -0.2) is 42.2 Å². The largest absolute Gasteiger partial charge is 0.477 e. The van der Waals surface area contributed by atoms with E-state index in [2.05, 4.69) is 15.6 Å². The highest BCUT2D eigenvalue weighted by atomic mass is 32.2. The molecule has 0 aliphatic heterocycles. The monoisotopic (exact) mass is 471 g/mol. The molecule has 2 aromatic carbocycles. The average molecular weight is 471 g/mol. The second kappa shape index (κ2) is 10.0. The molecule has 0 atom stereocenters. The van der Waals surface area contributed by atoms with E-state index in [1.807, 2.05) is 0 Å².